The maximum absolute atomic E-state index is 12.2. The second kappa shape index (κ2) is 8.67. The lowest BCUT2D eigenvalue weighted by molar-refractivity contribution is -0.123. The van der Waals surface area contributed by atoms with Crippen molar-refractivity contribution >= 4 is 5.91 Å². The van der Waals surface area contributed by atoms with Crippen molar-refractivity contribution in [3.05, 3.63) is 53.9 Å². The van der Waals surface area contributed by atoms with E-state index in [1.165, 1.54) is 12.0 Å². The van der Waals surface area contributed by atoms with E-state index in [2.05, 4.69) is 28.0 Å². The first kappa shape index (κ1) is 19.6. The van der Waals surface area contributed by atoms with Crippen LogP contribution in [-0.4, -0.2) is 52.2 Å². The Balaban J connectivity index is 1.83. The fourth-order valence-electron chi connectivity index (χ4n) is 4.52. The van der Waals surface area contributed by atoms with Gasteiger partial charge in [-0.15, -0.1) is 0 Å². The number of carbonyl (C=O) groups is 1. The Kier molecular flexibility index (Phi) is 6.29. The van der Waals surface area contributed by atoms with E-state index < -0.39 is 6.04 Å². The highest BCUT2D eigenvalue weighted by atomic mass is 16.1. The monoisotopic (exact) mass is 369 g/mol. The van der Waals surface area contributed by atoms with Gasteiger partial charge in [-0.05, 0) is 44.5 Å². The summed E-state index contributed by atoms with van der Waals surface area (Å²) in [6.45, 7) is 5.15. The topological polar surface area (TPSA) is 67.4 Å². The van der Waals surface area contributed by atoms with E-state index in [1.54, 1.807) is 0 Å². The number of rotatable bonds is 7. The lowest BCUT2D eigenvalue weighted by atomic mass is 9.85. The molecule has 0 bridgehead atoms. The van der Waals surface area contributed by atoms with E-state index in [-0.39, 0.29) is 5.91 Å². The average Bonchev–Trinajstić information content (AvgIpc) is 3.08. The maximum Gasteiger partial charge on any atom is 0.239 e. The van der Waals surface area contributed by atoms with Gasteiger partial charge < -0.3 is 5.73 Å². The molecule has 0 saturated carbocycles. The van der Waals surface area contributed by atoms with Gasteiger partial charge in [0.15, 0.2) is 0 Å². The molecule has 0 radical (unpaired) electrons. The Hall–Kier alpha value is -2.18. The summed E-state index contributed by atoms with van der Waals surface area (Å²) in [4.78, 5) is 16.9. The Morgan fingerprint density at radius 3 is 2.70 bits per heavy atom. The van der Waals surface area contributed by atoms with Crippen molar-refractivity contribution in [1.29, 1.82) is 0 Å². The SMILES string of the molecule is CCN1CCC[C@@H](CN(C)C(C(N)=O)c2ccccc2)[C@@H]1c1cnn(C)c1. The molecule has 1 aromatic carbocycles. The van der Waals surface area contributed by atoms with Gasteiger partial charge in [0.2, 0.25) is 5.91 Å². The van der Waals surface area contributed by atoms with Crippen LogP contribution in [-0.2, 0) is 11.8 Å². The predicted molar refractivity (Wildman–Crippen MR) is 107 cm³/mol. The van der Waals surface area contributed by atoms with E-state index in [0.717, 1.165) is 31.6 Å². The van der Waals surface area contributed by atoms with Crippen LogP contribution in [0.4, 0.5) is 0 Å². The minimum atomic E-state index is -0.405. The Morgan fingerprint density at radius 1 is 1.37 bits per heavy atom. The number of nitrogens with two attached hydrogens (primary N) is 1. The zero-order valence-electron chi connectivity index (χ0n) is 16.6. The molecule has 1 aliphatic heterocycles. The van der Waals surface area contributed by atoms with Crippen molar-refractivity contribution in [2.45, 2.75) is 31.8 Å². The summed E-state index contributed by atoms with van der Waals surface area (Å²) >= 11 is 0. The van der Waals surface area contributed by atoms with Gasteiger partial charge in [0.05, 0.1) is 6.20 Å². The van der Waals surface area contributed by atoms with Crippen LogP contribution < -0.4 is 5.73 Å². The first-order valence-electron chi connectivity index (χ1n) is 9.78. The number of likely N-dealkylation sites (N-methyl/N-ethyl adjacent to an activating group) is 1. The number of nitrogens with zero attached hydrogens (tertiary/aromatic N) is 4. The van der Waals surface area contributed by atoms with Crippen LogP contribution in [0.1, 0.15) is 43.0 Å². The lowest BCUT2D eigenvalue weighted by Gasteiger charge is -2.42. The summed E-state index contributed by atoms with van der Waals surface area (Å²) in [7, 11) is 3.97. The van der Waals surface area contributed by atoms with Crippen LogP contribution in [0.3, 0.4) is 0 Å². The van der Waals surface area contributed by atoms with Gasteiger partial charge >= 0.3 is 0 Å². The molecule has 1 unspecified atom stereocenters. The van der Waals surface area contributed by atoms with Gasteiger partial charge in [-0.3, -0.25) is 19.3 Å². The van der Waals surface area contributed by atoms with Crippen LogP contribution in [0.5, 0.6) is 0 Å². The summed E-state index contributed by atoms with van der Waals surface area (Å²) in [6.07, 6.45) is 6.42. The van der Waals surface area contributed by atoms with E-state index in [4.69, 9.17) is 5.73 Å². The zero-order valence-corrected chi connectivity index (χ0v) is 16.6. The molecule has 6 nitrogen and oxygen atoms in total. The Morgan fingerprint density at radius 2 is 2.11 bits per heavy atom. The number of carbonyl (C=O) groups excluding carboxylic acids is 1. The van der Waals surface area contributed by atoms with E-state index in [0.29, 0.717) is 12.0 Å². The molecule has 146 valence electrons. The third kappa shape index (κ3) is 4.39. The summed E-state index contributed by atoms with van der Waals surface area (Å²) in [5.41, 5.74) is 7.98. The summed E-state index contributed by atoms with van der Waals surface area (Å²) in [5, 5.41) is 4.39. The maximum atomic E-state index is 12.2. The van der Waals surface area contributed by atoms with Gasteiger partial charge in [0, 0.05) is 31.4 Å². The molecule has 27 heavy (non-hydrogen) atoms. The number of likely N-dealkylation sites (tertiary alicyclic amines) is 1. The fourth-order valence-corrected chi connectivity index (χ4v) is 4.52. The van der Waals surface area contributed by atoms with Gasteiger partial charge in [-0.2, -0.15) is 5.10 Å². The first-order chi connectivity index (χ1) is 13.0. The number of hydrogen-bond acceptors (Lipinski definition) is 4. The fraction of sp³-hybridized carbons (Fsp3) is 0.524. The van der Waals surface area contributed by atoms with E-state index >= 15 is 0 Å². The molecular formula is C21H31N5O. The molecule has 0 aliphatic carbocycles. The second-order valence-corrected chi connectivity index (χ2v) is 7.58. The quantitative estimate of drug-likeness (QED) is 0.813. The molecule has 0 spiro atoms. The summed E-state index contributed by atoms with van der Waals surface area (Å²) < 4.78 is 1.87. The van der Waals surface area contributed by atoms with Crippen LogP contribution in [0, 0.1) is 5.92 Å². The molecule has 1 amide bonds. The zero-order chi connectivity index (χ0) is 19.4. The van der Waals surface area contributed by atoms with E-state index in [9.17, 15) is 4.79 Å². The van der Waals surface area contributed by atoms with Crippen molar-refractivity contribution in [1.82, 2.24) is 19.6 Å². The van der Waals surface area contributed by atoms with Crippen molar-refractivity contribution in [2.75, 3.05) is 26.7 Å². The van der Waals surface area contributed by atoms with Crippen molar-refractivity contribution in [3.63, 3.8) is 0 Å². The van der Waals surface area contributed by atoms with Crippen molar-refractivity contribution < 1.29 is 4.79 Å². The van der Waals surface area contributed by atoms with Crippen LogP contribution in [0.15, 0.2) is 42.7 Å². The number of aryl methyl sites for hydroxylation is 1. The van der Waals surface area contributed by atoms with Crippen LogP contribution >= 0.6 is 0 Å². The molecule has 1 fully saturated rings. The number of piperidine rings is 1. The molecule has 1 saturated heterocycles. The predicted octanol–water partition coefficient (Wildman–Crippen LogP) is 2.35. The lowest BCUT2D eigenvalue weighted by Crippen LogP contribution is -2.45. The van der Waals surface area contributed by atoms with Crippen molar-refractivity contribution in [2.24, 2.45) is 18.7 Å². The highest BCUT2D eigenvalue weighted by Crippen LogP contribution is 2.37. The number of amides is 1. The summed E-state index contributed by atoms with van der Waals surface area (Å²) in [6, 6.07) is 9.74. The molecule has 1 aliphatic rings. The largest absolute Gasteiger partial charge is 0.368 e. The third-order valence-electron chi connectivity index (χ3n) is 5.68. The first-order valence-corrected chi connectivity index (χ1v) is 9.78. The Bertz CT molecular complexity index is 744. The second-order valence-electron chi connectivity index (χ2n) is 7.58. The van der Waals surface area contributed by atoms with Gasteiger partial charge in [0.25, 0.3) is 0 Å². The van der Waals surface area contributed by atoms with Crippen LogP contribution in [0.2, 0.25) is 0 Å². The van der Waals surface area contributed by atoms with E-state index in [1.807, 2.05) is 55.3 Å². The molecule has 3 atom stereocenters. The molecule has 2 heterocycles. The van der Waals surface area contributed by atoms with Crippen molar-refractivity contribution in [3.8, 4) is 0 Å². The number of aromatic nitrogens is 2. The highest BCUT2D eigenvalue weighted by Gasteiger charge is 2.35. The number of primary amides is 1. The average molecular weight is 370 g/mol. The minimum absolute atomic E-state index is 0.301. The molecule has 1 aromatic heterocycles. The minimum Gasteiger partial charge on any atom is -0.368 e. The Labute approximate surface area is 161 Å². The normalized spacial score (nSPS) is 22.1. The van der Waals surface area contributed by atoms with Gasteiger partial charge in [0.1, 0.15) is 6.04 Å². The molecule has 3 rings (SSSR count). The smallest absolute Gasteiger partial charge is 0.239 e. The van der Waals surface area contributed by atoms with Gasteiger partial charge in [-0.25, -0.2) is 0 Å². The standard InChI is InChI=1S/C21H31N5O/c1-4-26-12-8-11-17(19(26)18-13-23-25(3)15-18)14-24(2)20(21(22)27)16-9-6-5-7-10-16/h5-7,9-10,13,15,17,19-20H,4,8,11-12,14H2,1-3H3,(H2,22,27)/t17-,19+,20?/m0/s1. The number of hydrogen-bond donors (Lipinski definition) is 1. The summed E-state index contributed by atoms with van der Waals surface area (Å²) in [5.74, 6) is 0.128. The van der Waals surface area contributed by atoms with Crippen LogP contribution in [0.25, 0.3) is 0 Å². The molecule has 6 heteroatoms. The molecule has 2 aromatic rings. The molecular weight excluding hydrogens is 338 g/mol. The van der Waals surface area contributed by atoms with Gasteiger partial charge in [-0.1, -0.05) is 37.3 Å². The third-order valence-corrected chi connectivity index (χ3v) is 5.68. The number of benzene rings is 1. The molecule has 2 N–H and O–H groups in total. The highest BCUT2D eigenvalue weighted by molar-refractivity contribution is 5.81.